The normalized spacial score (nSPS) is 12.2. The molecule has 5 nitrogen and oxygen atoms in total. The Kier molecular flexibility index (Phi) is 6.10. The largest absolute Gasteiger partial charge is 0.387 e. The fraction of sp³-hybridized carbons (Fsp3) is 0.294. The number of aliphatic hydroxyl groups is 1. The monoisotopic (exact) mass is 333 g/mol. The Labute approximate surface area is 140 Å². The molecular formula is C17H20ClN3O2. The number of nitrogens with one attached hydrogen (secondary N) is 1. The van der Waals surface area contributed by atoms with Gasteiger partial charge < -0.3 is 10.4 Å². The lowest BCUT2D eigenvalue weighted by Crippen LogP contribution is -2.33. The number of anilines is 1. The van der Waals surface area contributed by atoms with Crippen LogP contribution < -0.4 is 5.32 Å². The summed E-state index contributed by atoms with van der Waals surface area (Å²) in [4.78, 5) is 17.9. The summed E-state index contributed by atoms with van der Waals surface area (Å²) in [5, 5.41) is 13.5. The second-order valence-corrected chi connectivity index (χ2v) is 5.91. The average molecular weight is 334 g/mol. The van der Waals surface area contributed by atoms with Gasteiger partial charge in [0.15, 0.2) is 0 Å². The molecule has 0 fully saturated rings. The van der Waals surface area contributed by atoms with Gasteiger partial charge in [-0.25, -0.2) is 4.98 Å². The maximum absolute atomic E-state index is 12.0. The molecule has 1 aromatic heterocycles. The molecule has 1 amide bonds. The number of amides is 1. The minimum atomic E-state index is -0.751. The number of carbonyl (C=O) groups excluding carboxylic acids is 1. The number of pyridine rings is 1. The van der Waals surface area contributed by atoms with Gasteiger partial charge in [0.2, 0.25) is 5.91 Å². The van der Waals surface area contributed by atoms with Gasteiger partial charge in [-0.1, -0.05) is 35.9 Å². The highest BCUT2D eigenvalue weighted by Crippen LogP contribution is 2.22. The maximum atomic E-state index is 12.0. The van der Waals surface area contributed by atoms with Crippen LogP contribution in [0.2, 0.25) is 5.02 Å². The van der Waals surface area contributed by atoms with Crippen LogP contribution in [0.25, 0.3) is 0 Å². The van der Waals surface area contributed by atoms with E-state index in [4.69, 9.17) is 11.6 Å². The third kappa shape index (κ3) is 5.32. The van der Waals surface area contributed by atoms with Crippen LogP contribution in [0.1, 0.15) is 17.2 Å². The quantitative estimate of drug-likeness (QED) is 0.853. The third-order valence-corrected chi connectivity index (χ3v) is 3.69. The molecule has 2 rings (SSSR count). The highest BCUT2D eigenvalue weighted by atomic mass is 35.5. The van der Waals surface area contributed by atoms with Gasteiger partial charge in [0.1, 0.15) is 5.82 Å². The molecule has 0 aliphatic heterocycles. The maximum Gasteiger partial charge on any atom is 0.239 e. The molecule has 1 heterocycles. The van der Waals surface area contributed by atoms with E-state index in [1.165, 1.54) is 0 Å². The van der Waals surface area contributed by atoms with Crippen molar-refractivity contribution in [2.75, 3.05) is 25.5 Å². The van der Waals surface area contributed by atoms with Gasteiger partial charge in [-0.15, -0.1) is 0 Å². The van der Waals surface area contributed by atoms with Gasteiger partial charge in [0.05, 0.1) is 12.6 Å². The van der Waals surface area contributed by atoms with Crippen molar-refractivity contribution >= 4 is 23.3 Å². The van der Waals surface area contributed by atoms with Gasteiger partial charge in [0, 0.05) is 23.3 Å². The molecule has 0 aliphatic carbocycles. The summed E-state index contributed by atoms with van der Waals surface area (Å²) >= 11 is 6.06. The van der Waals surface area contributed by atoms with Crippen molar-refractivity contribution < 1.29 is 9.90 Å². The molecule has 1 unspecified atom stereocenters. The summed E-state index contributed by atoms with van der Waals surface area (Å²) in [5.41, 5.74) is 1.68. The van der Waals surface area contributed by atoms with Gasteiger partial charge in [0.25, 0.3) is 0 Å². The predicted octanol–water partition coefficient (Wildman–Crippen LogP) is 2.65. The standard InChI is InChI=1S/C17H20ClN3O2/c1-12-7-8-16(19-9-12)20-17(23)11-21(2)10-15(22)13-5-3-4-6-14(13)18/h3-9,15,22H,10-11H2,1-2H3,(H,19,20,23). The molecule has 0 saturated carbocycles. The Hall–Kier alpha value is -1.95. The molecule has 1 aromatic carbocycles. The van der Waals surface area contributed by atoms with E-state index in [1.807, 2.05) is 25.1 Å². The first-order valence-electron chi connectivity index (χ1n) is 7.29. The van der Waals surface area contributed by atoms with Crippen LogP contribution in [0.5, 0.6) is 0 Å². The number of aromatic nitrogens is 1. The van der Waals surface area contributed by atoms with Crippen LogP contribution in [0.3, 0.4) is 0 Å². The number of nitrogens with zero attached hydrogens (tertiary/aromatic N) is 2. The van der Waals surface area contributed by atoms with E-state index in [-0.39, 0.29) is 12.5 Å². The highest BCUT2D eigenvalue weighted by Gasteiger charge is 2.15. The summed E-state index contributed by atoms with van der Waals surface area (Å²) in [6, 6.07) is 10.8. The van der Waals surface area contributed by atoms with Crippen molar-refractivity contribution in [3.05, 3.63) is 58.7 Å². The zero-order chi connectivity index (χ0) is 16.8. The topological polar surface area (TPSA) is 65.5 Å². The molecule has 0 saturated heterocycles. The van der Waals surface area contributed by atoms with Crippen LogP contribution >= 0.6 is 11.6 Å². The van der Waals surface area contributed by atoms with E-state index in [9.17, 15) is 9.90 Å². The summed E-state index contributed by atoms with van der Waals surface area (Å²) in [7, 11) is 1.77. The number of rotatable bonds is 6. The van der Waals surface area contributed by atoms with Gasteiger partial charge in [-0.3, -0.25) is 9.69 Å². The Morgan fingerprint density at radius 1 is 1.35 bits per heavy atom. The molecular weight excluding hydrogens is 314 g/mol. The number of aryl methyl sites for hydroxylation is 1. The number of benzene rings is 1. The molecule has 122 valence electrons. The molecule has 0 aliphatic rings. The summed E-state index contributed by atoms with van der Waals surface area (Å²) in [6.07, 6.45) is 0.944. The smallest absolute Gasteiger partial charge is 0.239 e. The van der Waals surface area contributed by atoms with Crippen LogP contribution in [0.4, 0.5) is 5.82 Å². The van der Waals surface area contributed by atoms with Crippen molar-refractivity contribution in [1.29, 1.82) is 0 Å². The number of hydrogen-bond donors (Lipinski definition) is 2. The average Bonchev–Trinajstić information content (AvgIpc) is 2.49. The van der Waals surface area contributed by atoms with Crippen molar-refractivity contribution in [1.82, 2.24) is 9.88 Å². The lowest BCUT2D eigenvalue weighted by Gasteiger charge is -2.20. The molecule has 1 atom stereocenters. The minimum Gasteiger partial charge on any atom is -0.387 e. The number of carbonyl (C=O) groups is 1. The number of likely N-dealkylation sites (N-methyl/N-ethyl adjacent to an activating group) is 1. The minimum absolute atomic E-state index is 0.150. The predicted molar refractivity (Wildman–Crippen MR) is 91.5 cm³/mol. The van der Waals surface area contributed by atoms with E-state index < -0.39 is 6.10 Å². The number of aliphatic hydroxyl groups excluding tert-OH is 1. The van der Waals surface area contributed by atoms with Crippen LogP contribution in [0, 0.1) is 6.92 Å². The summed E-state index contributed by atoms with van der Waals surface area (Å²) in [6.45, 7) is 2.39. The molecule has 2 N–H and O–H groups in total. The summed E-state index contributed by atoms with van der Waals surface area (Å²) < 4.78 is 0. The molecule has 2 aromatic rings. The van der Waals surface area contributed by atoms with E-state index in [0.717, 1.165) is 5.56 Å². The molecule has 6 heteroatoms. The van der Waals surface area contributed by atoms with Crippen molar-refractivity contribution in [3.8, 4) is 0 Å². The highest BCUT2D eigenvalue weighted by molar-refractivity contribution is 6.31. The first kappa shape index (κ1) is 17.4. The van der Waals surface area contributed by atoms with Gasteiger partial charge in [-0.05, 0) is 31.7 Å². The van der Waals surface area contributed by atoms with E-state index in [0.29, 0.717) is 22.9 Å². The lowest BCUT2D eigenvalue weighted by molar-refractivity contribution is -0.117. The second-order valence-electron chi connectivity index (χ2n) is 5.50. The Balaban J connectivity index is 1.86. The van der Waals surface area contributed by atoms with Crippen LogP contribution in [-0.2, 0) is 4.79 Å². The fourth-order valence-corrected chi connectivity index (χ4v) is 2.43. The van der Waals surface area contributed by atoms with Crippen LogP contribution in [0.15, 0.2) is 42.6 Å². The fourth-order valence-electron chi connectivity index (χ4n) is 2.17. The third-order valence-electron chi connectivity index (χ3n) is 3.34. The number of halogens is 1. The SMILES string of the molecule is Cc1ccc(NC(=O)CN(C)CC(O)c2ccccc2Cl)nc1. The zero-order valence-corrected chi connectivity index (χ0v) is 13.9. The Morgan fingerprint density at radius 3 is 2.74 bits per heavy atom. The van der Waals surface area contributed by atoms with Crippen molar-refractivity contribution in [2.24, 2.45) is 0 Å². The Bertz CT molecular complexity index is 661. The van der Waals surface area contributed by atoms with E-state index in [2.05, 4.69) is 10.3 Å². The second kappa shape index (κ2) is 8.06. The molecule has 0 spiro atoms. The first-order valence-corrected chi connectivity index (χ1v) is 7.67. The zero-order valence-electron chi connectivity index (χ0n) is 13.2. The van der Waals surface area contributed by atoms with Gasteiger partial charge in [-0.2, -0.15) is 0 Å². The summed E-state index contributed by atoms with van der Waals surface area (Å²) in [5.74, 6) is 0.330. The lowest BCUT2D eigenvalue weighted by atomic mass is 10.1. The van der Waals surface area contributed by atoms with E-state index >= 15 is 0 Å². The first-order chi connectivity index (χ1) is 11.0. The van der Waals surface area contributed by atoms with Crippen molar-refractivity contribution in [3.63, 3.8) is 0 Å². The number of hydrogen-bond acceptors (Lipinski definition) is 4. The Morgan fingerprint density at radius 2 is 2.09 bits per heavy atom. The molecule has 23 heavy (non-hydrogen) atoms. The molecule has 0 radical (unpaired) electrons. The van der Waals surface area contributed by atoms with E-state index in [1.54, 1.807) is 36.3 Å². The van der Waals surface area contributed by atoms with Crippen LogP contribution in [-0.4, -0.2) is 41.0 Å². The molecule has 0 bridgehead atoms. The van der Waals surface area contributed by atoms with Crippen molar-refractivity contribution in [2.45, 2.75) is 13.0 Å². The van der Waals surface area contributed by atoms with Gasteiger partial charge >= 0.3 is 0 Å².